The zero-order valence-corrected chi connectivity index (χ0v) is 16.8. The first-order valence-electron chi connectivity index (χ1n) is 7.89. The number of aryl methyl sites for hydroxylation is 3. The van der Waals surface area contributed by atoms with E-state index in [1.54, 1.807) is 13.8 Å². The molecule has 0 spiro atoms. The largest absolute Gasteiger partial charge is 0.456 e. The van der Waals surface area contributed by atoms with Crippen molar-refractivity contribution in [1.82, 2.24) is 10.3 Å². The van der Waals surface area contributed by atoms with Crippen molar-refractivity contribution in [1.29, 1.82) is 0 Å². The van der Waals surface area contributed by atoms with Crippen LogP contribution in [-0.4, -0.2) is 17.7 Å². The molecule has 0 unspecified atom stereocenters. The van der Waals surface area contributed by atoms with Crippen LogP contribution in [0.2, 0.25) is 0 Å². The Hall–Kier alpha value is -2.03. The summed E-state index contributed by atoms with van der Waals surface area (Å²) in [6.07, 6.45) is -0.513. The maximum Gasteiger partial charge on any atom is 0.407 e. The Bertz CT molecular complexity index is 825. The van der Waals surface area contributed by atoms with Crippen LogP contribution in [-0.2, 0) is 11.3 Å². The van der Waals surface area contributed by atoms with Gasteiger partial charge in [-0.05, 0) is 73.5 Å². The summed E-state index contributed by atoms with van der Waals surface area (Å²) in [5.74, 6) is 1.10. The quantitative estimate of drug-likeness (QED) is 0.669. The maximum absolute atomic E-state index is 12.1. The van der Waals surface area contributed by atoms with E-state index < -0.39 is 6.09 Å². The minimum Gasteiger partial charge on any atom is -0.456 e. The van der Waals surface area contributed by atoms with Gasteiger partial charge in [-0.3, -0.25) is 4.79 Å². The molecule has 1 amide bonds. The number of benzene rings is 1. The highest BCUT2D eigenvalue weighted by Crippen LogP contribution is 2.31. The Morgan fingerprint density at radius 3 is 2.44 bits per heavy atom. The van der Waals surface area contributed by atoms with Crippen LogP contribution in [0, 0.1) is 24.3 Å². The molecular weight excluding hydrogens is 435 g/mol. The SMILES string of the molecule is CCOC(=O)NCc1c(C)[nH]c(=O)c(I)c1Oc1cc(C)cc(C)c1. The molecule has 1 heterocycles. The number of pyridine rings is 1. The summed E-state index contributed by atoms with van der Waals surface area (Å²) in [4.78, 5) is 26.5. The Labute approximate surface area is 160 Å². The van der Waals surface area contributed by atoms with Crippen LogP contribution in [0.1, 0.15) is 29.3 Å². The zero-order chi connectivity index (χ0) is 18.6. The number of carbonyl (C=O) groups excluding carboxylic acids is 1. The third-order valence-electron chi connectivity index (χ3n) is 3.53. The van der Waals surface area contributed by atoms with Gasteiger partial charge in [-0.1, -0.05) is 6.07 Å². The minimum atomic E-state index is -0.513. The number of nitrogens with one attached hydrogen (secondary N) is 2. The molecule has 0 saturated heterocycles. The molecule has 0 fully saturated rings. The van der Waals surface area contributed by atoms with Crippen molar-refractivity contribution < 1.29 is 14.3 Å². The fraction of sp³-hybridized carbons (Fsp3) is 0.333. The molecule has 7 heteroatoms. The van der Waals surface area contributed by atoms with E-state index in [4.69, 9.17) is 9.47 Å². The molecule has 25 heavy (non-hydrogen) atoms. The molecule has 134 valence electrons. The minimum absolute atomic E-state index is 0.192. The van der Waals surface area contributed by atoms with Crippen LogP contribution in [0.4, 0.5) is 4.79 Å². The van der Waals surface area contributed by atoms with Gasteiger partial charge >= 0.3 is 6.09 Å². The van der Waals surface area contributed by atoms with E-state index >= 15 is 0 Å². The first kappa shape index (κ1) is 19.3. The molecule has 0 aliphatic rings. The number of H-pyrrole nitrogens is 1. The molecule has 2 N–H and O–H groups in total. The molecule has 0 aliphatic heterocycles. The van der Waals surface area contributed by atoms with Crippen LogP contribution in [0.3, 0.4) is 0 Å². The molecule has 2 rings (SSSR count). The average molecular weight is 456 g/mol. The number of hydrogen-bond donors (Lipinski definition) is 2. The van der Waals surface area contributed by atoms with Crippen molar-refractivity contribution >= 4 is 28.7 Å². The van der Waals surface area contributed by atoms with Crippen molar-refractivity contribution in [3.8, 4) is 11.5 Å². The summed E-state index contributed by atoms with van der Waals surface area (Å²) in [6.45, 7) is 7.96. The normalized spacial score (nSPS) is 10.4. The molecular formula is C18H21IN2O4. The summed E-state index contributed by atoms with van der Waals surface area (Å²) in [5.41, 5.74) is 3.26. The van der Waals surface area contributed by atoms with Crippen molar-refractivity contribution in [2.45, 2.75) is 34.2 Å². The van der Waals surface area contributed by atoms with E-state index in [2.05, 4.69) is 10.3 Å². The topological polar surface area (TPSA) is 80.4 Å². The predicted octanol–water partition coefficient (Wildman–Crippen LogP) is 3.94. The van der Waals surface area contributed by atoms with Crippen LogP contribution in [0.15, 0.2) is 23.0 Å². The van der Waals surface area contributed by atoms with E-state index in [0.29, 0.717) is 32.9 Å². The van der Waals surface area contributed by atoms with E-state index in [1.165, 1.54) is 0 Å². The third-order valence-corrected chi connectivity index (χ3v) is 4.51. The van der Waals surface area contributed by atoms with Gasteiger partial charge in [0.05, 0.1) is 13.2 Å². The Kier molecular flexibility index (Phi) is 6.46. The molecule has 0 bridgehead atoms. The lowest BCUT2D eigenvalue weighted by atomic mass is 10.1. The van der Waals surface area contributed by atoms with Gasteiger partial charge in [0.1, 0.15) is 9.32 Å². The number of halogens is 1. The lowest BCUT2D eigenvalue weighted by Crippen LogP contribution is -2.26. The number of alkyl carbamates (subject to hydrolysis) is 1. The Morgan fingerprint density at radius 1 is 1.20 bits per heavy atom. The highest BCUT2D eigenvalue weighted by molar-refractivity contribution is 14.1. The molecule has 6 nitrogen and oxygen atoms in total. The van der Waals surface area contributed by atoms with Crippen LogP contribution >= 0.6 is 22.6 Å². The average Bonchev–Trinajstić information content (AvgIpc) is 2.51. The smallest absolute Gasteiger partial charge is 0.407 e. The van der Waals surface area contributed by atoms with Gasteiger partial charge in [-0.2, -0.15) is 0 Å². The van der Waals surface area contributed by atoms with Crippen molar-refractivity contribution in [2.24, 2.45) is 0 Å². The highest BCUT2D eigenvalue weighted by Gasteiger charge is 2.17. The van der Waals surface area contributed by atoms with Crippen molar-refractivity contribution in [2.75, 3.05) is 6.61 Å². The maximum atomic E-state index is 12.1. The second-order valence-corrected chi connectivity index (χ2v) is 6.78. The molecule has 0 radical (unpaired) electrons. The summed E-state index contributed by atoms with van der Waals surface area (Å²) in [5, 5.41) is 2.67. The molecule has 0 saturated carbocycles. The summed E-state index contributed by atoms with van der Waals surface area (Å²) in [6, 6.07) is 5.86. The lowest BCUT2D eigenvalue weighted by Gasteiger charge is -2.16. The second kappa shape index (κ2) is 8.37. The monoisotopic (exact) mass is 456 g/mol. The molecule has 1 aromatic heterocycles. The van der Waals surface area contributed by atoms with Crippen molar-refractivity contribution in [3.63, 3.8) is 0 Å². The Balaban J connectivity index is 2.40. The van der Waals surface area contributed by atoms with E-state index in [1.807, 2.05) is 54.6 Å². The highest BCUT2D eigenvalue weighted by atomic mass is 127. The number of ether oxygens (including phenoxy) is 2. The first-order chi connectivity index (χ1) is 11.8. The predicted molar refractivity (Wildman–Crippen MR) is 104 cm³/mol. The standard InChI is InChI=1S/C18H21IN2O4/c1-5-24-18(23)20-9-14-12(4)21-17(22)15(19)16(14)25-13-7-10(2)6-11(3)8-13/h6-8H,5,9H2,1-4H3,(H,20,23)(H,21,22). The summed E-state index contributed by atoms with van der Waals surface area (Å²) in [7, 11) is 0. The lowest BCUT2D eigenvalue weighted by molar-refractivity contribution is 0.151. The van der Waals surface area contributed by atoms with Crippen LogP contribution in [0.5, 0.6) is 11.5 Å². The fourth-order valence-corrected chi connectivity index (χ4v) is 3.05. The number of hydrogen-bond acceptors (Lipinski definition) is 4. The van der Waals surface area contributed by atoms with Crippen molar-refractivity contribution in [3.05, 3.63) is 54.5 Å². The van der Waals surface area contributed by atoms with E-state index in [-0.39, 0.29) is 12.1 Å². The third kappa shape index (κ3) is 4.97. The summed E-state index contributed by atoms with van der Waals surface area (Å²) >= 11 is 1.95. The van der Waals surface area contributed by atoms with Gasteiger partial charge < -0.3 is 19.8 Å². The Morgan fingerprint density at radius 2 is 1.84 bits per heavy atom. The molecule has 2 aromatic rings. The van der Waals surface area contributed by atoms with Gasteiger partial charge in [0.2, 0.25) is 0 Å². The number of aromatic nitrogens is 1. The van der Waals surface area contributed by atoms with E-state index in [9.17, 15) is 9.59 Å². The van der Waals surface area contributed by atoms with Gasteiger partial charge in [0.15, 0.2) is 5.75 Å². The van der Waals surface area contributed by atoms with Crippen LogP contribution < -0.4 is 15.6 Å². The van der Waals surface area contributed by atoms with E-state index in [0.717, 1.165) is 11.1 Å². The number of rotatable bonds is 5. The second-order valence-electron chi connectivity index (χ2n) is 5.70. The van der Waals surface area contributed by atoms with Gasteiger partial charge in [0, 0.05) is 11.3 Å². The fourth-order valence-electron chi connectivity index (χ4n) is 2.48. The van der Waals surface area contributed by atoms with Gasteiger partial charge in [-0.15, -0.1) is 0 Å². The number of carbonyl (C=O) groups is 1. The first-order valence-corrected chi connectivity index (χ1v) is 8.97. The molecule has 0 aliphatic carbocycles. The van der Waals surface area contributed by atoms with Gasteiger partial charge in [0.25, 0.3) is 5.56 Å². The van der Waals surface area contributed by atoms with Gasteiger partial charge in [-0.25, -0.2) is 4.79 Å². The van der Waals surface area contributed by atoms with Crippen LogP contribution in [0.25, 0.3) is 0 Å². The molecule has 1 aromatic carbocycles. The number of amides is 1. The zero-order valence-electron chi connectivity index (χ0n) is 14.7. The molecule has 0 atom stereocenters. The summed E-state index contributed by atoms with van der Waals surface area (Å²) < 4.78 is 11.4. The number of aromatic amines is 1.